The predicted octanol–water partition coefficient (Wildman–Crippen LogP) is 3.73. The summed E-state index contributed by atoms with van der Waals surface area (Å²) >= 11 is 6.22. The van der Waals surface area contributed by atoms with E-state index in [4.69, 9.17) is 11.6 Å². The molecule has 0 N–H and O–H groups in total. The van der Waals surface area contributed by atoms with Crippen LogP contribution in [0.3, 0.4) is 0 Å². The van der Waals surface area contributed by atoms with Crippen LogP contribution in [0.5, 0.6) is 0 Å². The van der Waals surface area contributed by atoms with Gasteiger partial charge in [-0.1, -0.05) is 29.8 Å². The minimum Gasteiger partial charge on any atom is -0.339 e. The van der Waals surface area contributed by atoms with Crippen LogP contribution < -0.4 is 0 Å². The maximum Gasteiger partial charge on any atom is 0.285 e. The fourth-order valence-electron chi connectivity index (χ4n) is 3.46. The second-order valence-electron chi connectivity index (χ2n) is 6.99. The molecule has 1 fully saturated rings. The second kappa shape index (κ2) is 9.09. The van der Waals surface area contributed by atoms with Crippen molar-refractivity contribution in [3.05, 3.63) is 68.7 Å². The Morgan fingerprint density at radius 2 is 1.83 bits per heavy atom. The molecule has 2 aromatic carbocycles. The Bertz CT molecular complexity index is 1030. The van der Waals surface area contributed by atoms with Gasteiger partial charge in [-0.05, 0) is 41.8 Å². The molecule has 1 radical (unpaired) electrons. The zero-order valence-electron chi connectivity index (χ0n) is 16.7. The van der Waals surface area contributed by atoms with Gasteiger partial charge < -0.3 is 9.80 Å². The molecule has 2 aromatic rings. The van der Waals surface area contributed by atoms with Crippen molar-refractivity contribution in [3.8, 4) is 11.1 Å². The van der Waals surface area contributed by atoms with Gasteiger partial charge in [0.15, 0.2) is 0 Å². The molecule has 0 spiro atoms. The summed E-state index contributed by atoms with van der Waals surface area (Å²) in [6.45, 7) is 5.19. The van der Waals surface area contributed by atoms with Gasteiger partial charge in [-0.25, -0.2) is 0 Å². The van der Waals surface area contributed by atoms with Crippen molar-refractivity contribution in [2.24, 2.45) is 0 Å². The van der Waals surface area contributed by atoms with Crippen LogP contribution in [0.25, 0.3) is 17.2 Å². The Kier molecular flexibility index (Phi) is 6.52. The Morgan fingerprint density at radius 3 is 2.47 bits per heavy atom. The molecule has 0 aromatic heterocycles. The minimum atomic E-state index is -0.490. The lowest BCUT2D eigenvalue weighted by molar-refractivity contribution is -0.384. The highest BCUT2D eigenvalue weighted by Gasteiger charge is 2.23. The van der Waals surface area contributed by atoms with Crippen molar-refractivity contribution in [1.29, 1.82) is 0 Å². The van der Waals surface area contributed by atoms with Gasteiger partial charge in [-0.2, -0.15) is 0 Å². The second-order valence-corrected chi connectivity index (χ2v) is 7.40. The van der Waals surface area contributed by atoms with E-state index in [-0.39, 0.29) is 17.5 Å². The highest BCUT2D eigenvalue weighted by Crippen LogP contribution is 2.37. The van der Waals surface area contributed by atoms with Crippen molar-refractivity contribution in [2.75, 3.05) is 26.2 Å². The van der Waals surface area contributed by atoms with Crippen molar-refractivity contribution in [1.82, 2.24) is 9.80 Å². The monoisotopic (exact) mass is 426 g/mol. The Hall–Kier alpha value is -3.19. The maximum atomic E-state index is 12.6. The number of hydrogen-bond donors (Lipinski definition) is 0. The Morgan fingerprint density at radius 1 is 1.17 bits per heavy atom. The highest BCUT2D eigenvalue weighted by atomic mass is 35.5. The van der Waals surface area contributed by atoms with Crippen molar-refractivity contribution < 1.29 is 14.5 Å². The first-order chi connectivity index (χ1) is 14.3. The highest BCUT2D eigenvalue weighted by molar-refractivity contribution is 6.31. The quantitative estimate of drug-likeness (QED) is 0.423. The van der Waals surface area contributed by atoms with E-state index in [1.165, 1.54) is 19.1 Å². The van der Waals surface area contributed by atoms with Crippen LogP contribution in [-0.4, -0.2) is 52.7 Å². The van der Waals surface area contributed by atoms with E-state index in [1.807, 2.05) is 0 Å². The van der Waals surface area contributed by atoms with Crippen molar-refractivity contribution in [2.45, 2.75) is 13.8 Å². The lowest BCUT2D eigenvalue weighted by Crippen LogP contribution is -2.49. The first kappa shape index (κ1) is 21.5. The molecule has 3 rings (SSSR count). The van der Waals surface area contributed by atoms with Crippen molar-refractivity contribution in [3.63, 3.8) is 0 Å². The number of nitrogens with zero attached hydrogens (tertiary/aromatic N) is 3. The lowest BCUT2D eigenvalue weighted by atomic mass is 9.94. The first-order valence-corrected chi connectivity index (χ1v) is 9.84. The molecule has 0 aliphatic carbocycles. The van der Waals surface area contributed by atoms with Crippen LogP contribution in [0.15, 0.2) is 36.4 Å². The third-order valence-corrected chi connectivity index (χ3v) is 5.58. The lowest BCUT2D eigenvalue weighted by Gasteiger charge is -2.33. The summed E-state index contributed by atoms with van der Waals surface area (Å²) in [7, 11) is 0. The normalized spacial score (nSPS) is 14.2. The number of carbonyl (C=O) groups excluding carboxylic acids is 2. The summed E-state index contributed by atoms with van der Waals surface area (Å²) in [6, 6.07) is 11.0. The van der Waals surface area contributed by atoms with Gasteiger partial charge in [0.25, 0.3) is 5.69 Å². The third-order valence-electron chi connectivity index (χ3n) is 5.17. The maximum absolute atomic E-state index is 12.6. The molecule has 7 nitrogen and oxygen atoms in total. The van der Waals surface area contributed by atoms with E-state index >= 15 is 0 Å². The molecular weight excluding hydrogens is 406 g/mol. The fraction of sp³-hybridized carbons (Fsp3) is 0.273. The number of hydrogen-bond acceptors (Lipinski definition) is 4. The summed E-state index contributed by atoms with van der Waals surface area (Å²) in [6.07, 6.45) is 2.99. The molecular formula is C22H21ClN3O4. The molecule has 2 amide bonds. The smallest absolute Gasteiger partial charge is 0.285 e. The zero-order chi connectivity index (χ0) is 21.8. The number of piperazine rings is 1. The Balaban J connectivity index is 1.92. The predicted molar refractivity (Wildman–Crippen MR) is 115 cm³/mol. The average molecular weight is 427 g/mol. The SMILES string of the molecule is CC(=O)N1CCN(C(=O)/C=C/c2cc[c]c([N+](=O)[O-])c2-c2cccc(Cl)c2C)CC1. The van der Waals surface area contributed by atoms with Crippen LogP contribution in [-0.2, 0) is 9.59 Å². The molecule has 0 atom stereocenters. The van der Waals surface area contributed by atoms with Gasteiger partial charge in [-0.3, -0.25) is 19.7 Å². The number of halogens is 1. The Labute approximate surface area is 179 Å². The number of nitro benzene ring substituents is 1. The number of rotatable bonds is 4. The van der Waals surface area contributed by atoms with Crippen LogP contribution in [0, 0.1) is 23.1 Å². The molecule has 0 unspecified atom stereocenters. The van der Waals surface area contributed by atoms with E-state index in [0.29, 0.717) is 53.5 Å². The van der Waals surface area contributed by atoms with E-state index in [9.17, 15) is 19.7 Å². The summed E-state index contributed by atoms with van der Waals surface area (Å²) in [5.74, 6) is -0.213. The standard InChI is InChI=1S/C22H21ClN3O4/c1-15-18(6-4-7-19(15)23)22-17(5-3-8-20(22)26(29)30)9-10-21(28)25-13-11-24(12-14-25)16(2)27/h3-7,9-10H,11-14H2,1-2H3/b10-9+. The summed E-state index contributed by atoms with van der Waals surface area (Å²) in [5, 5.41) is 12.1. The molecule has 0 bridgehead atoms. The summed E-state index contributed by atoms with van der Waals surface area (Å²) in [5.41, 5.74) is 2.05. The van der Waals surface area contributed by atoms with Crippen LogP contribution in [0.2, 0.25) is 5.02 Å². The van der Waals surface area contributed by atoms with Gasteiger partial charge in [-0.15, -0.1) is 0 Å². The van der Waals surface area contributed by atoms with E-state index < -0.39 is 4.92 Å². The molecule has 1 saturated heterocycles. The molecule has 8 heteroatoms. The van der Waals surface area contributed by atoms with E-state index in [2.05, 4.69) is 6.07 Å². The van der Waals surface area contributed by atoms with Gasteiger partial charge in [0.1, 0.15) is 0 Å². The first-order valence-electron chi connectivity index (χ1n) is 9.46. The van der Waals surface area contributed by atoms with Crippen LogP contribution in [0.4, 0.5) is 5.69 Å². The van der Waals surface area contributed by atoms with Gasteiger partial charge in [0.05, 0.1) is 16.6 Å². The molecule has 1 aliphatic heterocycles. The third kappa shape index (κ3) is 4.52. The van der Waals surface area contributed by atoms with Crippen LogP contribution in [0.1, 0.15) is 18.1 Å². The zero-order valence-corrected chi connectivity index (χ0v) is 17.5. The largest absolute Gasteiger partial charge is 0.339 e. The molecule has 1 aliphatic rings. The van der Waals surface area contributed by atoms with E-state index in [0.717, 1.165) is 0 Å². The number of carbonyl (C=O) groups is 2. The average Bonchev–Trinajstić information content (AvgIpc) is 2.73. The molecule has 0 saturated carbocycles. The molecule has 30 heavy (non-hydrogen) atoms. The van der Waals surface area contributed by atoms with E-state index in [1.54, 1.807) is 47.1 Å². The van der Waals surface area contributed by atoms with Crippen molar-refractivity contribution >= 4 is 35.2 Å². The molecule has 155 valence electrons. The number of benzene rings is 2. The molecule has 1 heterocycles. The number of nitro groups is 1. The topological polar surface area (TPSA) is 83.8 Å². The minimum absolute atomic E-state index is 0.00739. The van der Waals surface area contributed by atoms with Gasteiger partial charge in [0.2, 0.25) is 11.8 Å². The summed E-state index contributed by atoms with van der Waals surface area (Å²) < 4.78 is 0. The van der Waals surface area contributed by atoms with Gasteiger partial charge >= 0.3 is 0 Å². The van der Waals surface area contributed by atoms with Crippen LogP contribution >= 0.6 is 11.6 Å². The number of amides is 2. The van der Waals surface area contributed by atoms with Gasteiger partial charge in [0, 0.05) is 44.2 Å². The summed E-state index contributed by atoms with van der Waals surface area (Å²) in [4.78, 5) is 38.5. The fourth-order valence-corrected chi connectivity index (χ4v) is 3.63.